The summed E-state index contributed by atoms with van der Waals surface area (Å²) in [6, 6.07) is 5.55. The molecule has 0 aromatic carbocycles. The Morgan fingerprint density at radius 3 is 2.89 bits per heavy atom. The van der Waals surface area contributed by atoms with E-state index in [2.05, 4.69) is 15.0 Å². The number of pyridine rings is 1. The van der Waals surface area contributed by atoms with Gasteiger partial charge in [-0.25, -0.2) is 4.98 Å². The van der Waals surface area contributed by atoms with Crippen molar-refractivity contribution in [2.24, 2.45) is 0 Å². The number of H-pyrrole nitrogens is 1. The first-order chi connectivity index (χ1) is 9.31. The molecular weight excluding hydrogens is 238 g/mol. The number of aromatic amines is 1. The molecule has 0 spiro atoms. The fraction of sp³-hybridized carbons (Fsp3) is 0.400. The lowest BCUT2D eigenvalue weighted by Gasteiger charge is -2.09. The van der Waals surface area contributed by atoms with Crippen LogP contribution >= 0.6 is 0 Å². The second-order valence-corrected chi connectivity index (χ2v) is 5.14. The largest absolute Gasteiger partial charge is 0.310 e. The lowest BCUT2D eigenvalue weighted by atomic mass is 10.0. The minimum atomic E-state index is -0.0456. The average Bonchev–Trinajstić information content (AvgIpc) is 2.93. The van der Waals surface area contributed by atoms with Gasteiger partial charge in [-0.2, -0.15) is 0 Å². The van der Waals surface area contributed by atoms with Gasteiger partial charge in [-0.3, -0.25) is 9.78 Å². The average molecular weight is 255 g/mol. The molecular formula is C15H17N3O. The maximum atomic E-state index is 11.7. The summed E-state index contributed by atoms with van der Waals surface area (Å²) >= 11 is 0. The first-order valence-corrected chi connectivity index (χ1v) is 6.80. The van der Waals surface area contributed by atoms with Gasteiger partial charge in [0.25, 0.3) is 5.56 Å². The zero-order valence-corrected chi connectivity index (χ0v) is 10.8. The predicted molar refractivity (Wildman–Crippen MR) is 73.1 cm³/mol. The van der Waals surface area contributed by atoms with Crippen LogP contribution in [0.3, 0.4) is 0 Å². The molecule has 4 heteroatoms. The maximum absolute atomic E-state index is 11.7. The van der Waals surface area contributed by atoms with E-state index in [9.17, 15) is 4.79 Å². The van der Waals surface area contributed by atoms with Crippen molar-refractivity contribution in [2.75, 3.05) is 0 Å². The molecule has 1 saturated carbocycles. The molecule has 19 heavy (non-hydrogen) atoms. The van der Waals surface area contributed by atoms with Crippen molar-refractivity contribution in [1.29, 1.82) is 0 Å². The monoisotopic (exact) mass is 255 g/mol. The van der Waals surface area contributed by atoms with E-state index in [4.69, 9.17) is 0 Å². The smallest absolute Gasteiger partial charge is 0.251 e. The van der Waals surface area contributed by atoms with E-state index >= 15 is 0 Å². The van der Waals surface area contributed by atoms with Gasteiger partial charge in [0, 0.05) is 30.8 Å². The second kappa shape index (κ2) is 5.34. The van der Waals surface area contributed by atoms with E-state index in [0.717, 1.165) is 29.9 Å². The van der Waals surface area contributed by atoms with E-state index in [1.165, 1.54) is 12.8 Å². The van der Waals surface area contributed by atoms with Crippen LogP contribution in [0.1, 0.15) is 48.7 Å². The Bertz CT molecular complexity index is 600. The number of hydrogen-bond acceptors (Lipinski definition) is 3. The summed E-state index contributed by atoms with van der Waals surface area (Å²) < 4.78 is 0. The van der Waals surface area contributed by atoms with Gasteiger partial charge in [0.2, 0.25) is 0 Å². The fourth-order valence-electron chi connectivity index (χ4n) is 2.74. The third kappa shape index (κ3) is 2.89. The summed E-state index contributed by atoms with van der Waals surface area (Å²) in [5, 5.41) is 0. The van der Waals surface area contributed by atoms with Gasteiger partial charge in [0.15, 0.2) is 0 Å². The Kier molecular flexibility index (Phi) is 3.40. The van der Waals surface area contributed by atoms with Crippen LogP contribution in [0, 0.1) is 0 Å². The van der Waals surface area contributed by atoms with Gasteiger partial charge in [-0.05, 0) is 24.5 Å². The van der Waals surface area contributed by atoms with Crippen LogP contribution in [0.5, 0.6) is 0 Å². The van der Waals surface area contributed by atoms with Gasteiger partial charge >= 0.3 is 0 Å². The van der Waals surface area contributed by atoms with Gasteiger partial charge in [-0.1, -0.05) is 18.9 Å². The van der Waals surface area contributed by atoms with Gasteiger partial charge < -0.3 is 4.98 Å². The summed E-state index contributed by atoms with van der Waals surface area (Å²) in [5.74, 6) is 1.21. The number of rotatable bonds is 3. The van der Waals surface area contributed by atoms with Crippen LogP contribution in [0.4, 0.5) is 0 Å². The van der Waals surface area contributed by atoms with Gasteiger partial charge in [0.05, 0.1) is 5.69 Å². The van der Waals surface area contributed by atoms with E-state index in [1.807, 2.05) is 18.3 Å². The summed E-state index contributed by atoms with van der Waals surface area (Å²) in [5.41, 5.74) is 1.98. The molecule has 1 fully saturated rings. The van der Waals surface area contributed by atoms with E-state index < -0.39 is 0 Å². The Balaban J connectivity index is 1.87. The highest BCUT2D eigenvalue weighted by Gasteiger charge is 2.19. The minimum absolute atomic E-state index is 0.0456. The molecule has 0 amide bonds. The number of hydrogen-bond donors (Lipinski definition) is 1. The summed E-state index contributed by atoms with van der Waals surface area (Å²) in [6.45, 7) is 0. The number of aromatic nitrogens is 3. The first kappa shape index (κ1) is 12.1. The molecule has 0 unspecified atom stereocenters. The Morgan fingerprint density at radius 2 is 2.16 bits per heavy atom. The zero-order chi connectivity index (χ0) is 13.1. The van der Waals surface area contributed by atoms with Crippen molar-refractivity contribution in [3.8, 4) is 0 Å². The molecule has 1 aliphatic carbocycles. The van der Waals surface area contributed by atoms with Crippen molar-refractivity contribution in [2.45, 2.75) is 38.0 Å². The Labute approximate surface area is 111 Å². The number of nitrogens with zero attached hydrogens (tertiary/aromatic N) is 2. The third-order valence-corrected chi connectivity index (χ3v) is 3.68. The third-order valence-electron chi connectivity index (χ3n) is 3.68. The van der Waals surface area contributed by atoms with Crippen LogP contribution in [0.25, 0.3) is 0 Å². The highest BCUT2D eigenvalue weighted by atomic mass is 16.1. The van der Waals surface area contributed by atoms with E-state index in [0.29, 0.717) is 12.3 Å². The quantitative estimate of drug-likeness (QED) is 0.916. The second-order valence-electron chi connectivity index (χ2n) is 5.14. The normalized spacial score (nSPS) is 15.8. The van der Waals surface area contributed by atoms with Crippen LogP contribution < -0.4 is 5.56 Å². The molecule has 2 aromatic heterocycles. The summed E-state index contributed by atoms with van der Waals surface area (Å²) in [7, 11) is 0. The Hall–Kier alpha value is -1.97. The zero-order valence-electron chi connectivity index (χ0n) is 10.8. The summed E-state index contributed by atoms with van der Waals surface area (Å²) in [6.07, 6.45) is 8.99. The van der Waals surface area contributed by atoms with Crippen molar-refractivity contribution >= 4 is 0 Å². The molecule has 2 heterocycles. The molecule has 1 aliphatic rings. The highest BCUT2D eigenvalue weighted by molar-refractivity contribution is 5.17. The molecule has 0 bridgehead atoms. The van der Waals surface area contributed by atoms with Crippen molar-refractivity contribution < 1.29 is 0 Å². The van der Waals surface area contributed by atoms with Crippen molar-refractivity contribution in [3.05, 3.63) is 58.0 Å². The van der Waals surface area contributed by atoms with Crippen LogP contribution in [-0.2, 0) is 6.42 Å². The predicted octanol–water partition coefficient (Wildman–Crippen LogP) is 2.41. The molecule has 0 saturated heterocycles. The lowest BCUT2D eigenvalue weighted by Crippen LogP contribution is -2.14. The molecule has 0 aliphatic heterocycles. The standard InChI is InChI=1S/C15H17N3O/c19-15-9-13(12-5-1-2-6-12)17-14(18-15)8-11-4-3-7-16-10-11/h3-4,7,9-10,12H,1-2,5-6,8H2,(H,17,18,19). The Morgan fingerprint density at radius 1 is 1.32 bits per heavy atom. The van der Waals surface area contributed by atoms with E-state index in [1.54, 1.807) is 12.3 Å². The molecule has 2 aromatic rings. The lowest BCUT2D eigenvalue weighted by molar-refractivity contribution is 0.683. The van der Waals surface area contributed by atoms with Crippen LogP contribution in [0.15, 0.2) is 35.4 Å². The topological polar surface area (TPSA) is 58.6 Å². The van der Waals surface area contributed by atoms with E-state index in [-0.39, 0.29) is 5.56 Å². The fourth-order valence-corrected chi connectivity index (χ4v) is 2.74. The van der Waals surface area contributed by atoms with Crippen molar-refractivity contribution in [3.63, 3.8) is 0 Å². The van der Waals surface area contributed by atoms with Crippen LogP contribution in [-0.4, -0.2) is 15.0 Å². The summed E-state index contributed by atoms with van der Waals surface area (Å²) in [4.78, 5) is 23.3. The van der Waals surface area contributed by atoms with Crippen molar-refractivity contribution in [1.82, 2.24) is 15.0 Å². The van der Waals surface area contributed by atoms with Gasteiger partial charge in [0.1, 0.15) is 5.82 Å². The number of nitrogens with one attached hydrogen (secondary N) is 1. The maximum Gasteiger partial charge on any atom is 0.251 e. The SMILES string of the molecule is O=c1cc(C2CCCC2)nc(Cc2cccnc2)[nH]1. The highest BCUT2D eigenvalue weighted by Crippen LogP contribution is 2.32. The van der Waals surface area contributed by atoms with Crippen LogP contribution in [0.2, 0.25) is 0 Å². The molecule has 98 valence electrons. The minimum Gasteiger partial charge on any atom is -0.310 e. The molecule has 0 radical (unpaired) electrons. The first-order valence-electron chi connectivity index (χ1n) is 6.80. The molecule has 3 rings (SSSR count). The molecule has 4 nitrogen and oxygen atoms in total. The molecule has 1 N–H and O–H groups in total. The molecule has 0 atom stereocenters. The van der Waals surface area contributed by atoms with Gasteiger partial charge in [-0.15, -0.1) is 0 Å².